The first-order chi connectivity index (χ1) is 7.33. The number of nitrogens with one attached hydrogen (secondary N) is 1. The van der Waals surface area contributed by atoms with Crippen LogP contribution in [-0.4, -0.2) is 25.1 Å². The number of hydrogen-bond acceptors (Lipinski definition) is 2. The summed E-state index contributed by atoms with van der Waals surface area (Å²) in [6, 6.07) is 10.6. The molecule has 1 atom stereocenters. The molecule has 0 aliphatic carbocycles. The monoisotopic (exact) mass is 223 g/mol. The minimum Gasteiger partial charge on any atom is -0.316 e. The van der Waals surface area contributed by atoms with Crippen LogP contribution in [0.2, 0.25) is 0 Å². The Morgan fingerprint density at radius 2 is 2.00 bits per heavy atom. The highest BCUT2D eigenvalue weighted by Gasteiger charge is 1.99. The van der Waals surface area contributed by atoms with Gasteiger partial charge in [0.05, 0.1) is 0 Å². The molecule has 0 saturated carbocycles. The van der Waals surface area contributed by atoms with Crippen molar-refractivity contribution < 1.29 is 0 Å². The molecule has 0 heterocycles. The predicted molar refractivity (Wildman–Crippen MR) is 70.6 cm³/mol. The van der Waals surface area contributed by atoms with Crippen LogP contribution in [0.4, 0.5) is 0 Å². The van der Waals surface area contributed by atoms with E-state index in [0.29, 0.717) is 0 Å². The Morgan fingerprint density at radius 1 is 1.27 bits per heavy atom. The fourth-order valence-corrected chi connectivity index (χ4v) is 2.26. The Kier molecular flexibility index (Phi) is 6.53. The normalized spacial score (nSPS) is 12.7. The van der Waals surface area contributed by atoms with Crippen molar-refractivity contribution in [3.8, 4) is 0 Å². The summed E-state index contributed by atoms with van der Waals surface area (Å²) >= 11 is 1.92. The van der Waals surface area contributed by atoms with Crippen LogP contribution in [0, 0.1) is 5.92 Å². The van der Waals surface area contributed by atoms with Crippen LogP contribution in [0.5, 0.6) is 0 Å². The van der Waals surface area contributed by atoms with Crippen molar-refractivity contribution in [2.75, 3.05) is 25.1 Å². The van der Waals surface area contributed by atoms with Gasteiger partial charge in [0, 0.05) is 0 Å². The first kappa shape index (κ1) is 12.6. The second-order valence-electron chi connectivity index (χ2n) is 4.00. The summed E-state index contributed by atoms with van der Waals surface area (Å²) in [6.07, 6.45) is 3.30. The molecule has 1 rings (SSSR count). The maximum absolute atomic E-state index is 3.51. The van der Waals surface area contributed by atoms with Crippen molar-refractivity contribution in [1.82, 2.24) is 5.32 Å². The van der Waals surface area contributed by atoms with E-state index >= 15 is 0 Å². The second-order valence-corrected chi connectivity index (χ2v) is 4.91. The van der Waals surface area contributed by atoms with E-state index in [1.165, 1.54) is 11.3 Å². The van der Waals surface area contributed by atoms with Gasteiger partial charge in [-0.25, -0.2) is 0 Å². The molecule has 1 nitrogen and oxygen atoms in total. The quantitative estimate of drug-likeness (QED) is 0.713. The van der Waals surface area contributed by atoms with Gasteiger partial charge in [0.2, 0.25) is 0 Å². The molecular weight excluding hydrogens is 202 g/mol. The SMILES string of the molecule is CSCC(C)CNCCc1ccccc1. The minimum absolute atomic E-state index is 0.774. The zero-order chi connectivity index (χ0) is 10.9. The number of thioether (sulfide) groups is 1. The molecule has 0 aromatic heterocycles. The van der Waals surface area contributed by atoms with Gasteiger partial charge in [-0.05, 0) is 43.0 Å². The Bertz CT molecular complexity index is 248. The van der Waals surface area contributed by atoms with E-state index < -0.39 is 0 Å². The zero-order valence-electron chi connectivity index (χ0n) is 9.70. The van der Waals surface area contributed by atoms with Crippen LogP contribution in [0.1, 0.15) is 12.5 Å². The molecule has 0 amide bonds. The van der Waals surface area contributed by atoms with Gasteiger partial charge < -0.3 is 5.32 Å². The van der Waals surface area contributed by atoms with Crippen molar-refractivity contribution in [3.63, 3.8) is 0 Å². The molecule has 0 fully saturated rings. The summed E-state index contributed by atoms with van der Waals surface area (Å²) in [4.78, 5) is 0. The molecule has 1 N–H and O–H groups in total. The van der Waals surface area contributed by atoms with E-state index in [0.717, 1.165) is 25.4 Å². The van der Waals surface area contributed by atoms with Gasteiger partial charge in [-0.3, -0.25) is 0 Å². The van der Waals surface area contributed by atoms with Gasteiger partial charge in [-0.2, -0.15) is 11.8 Å². The summed E-state index contributed by atoms with van der Waals surface area (Å²) < 4.78 is 0. The molecule has 1 aromatic rings. The van der Waals surface area contributed by atoms with Crippen molar-refractivity contribution in [1.29, 1.82) is 0 Å². The third-order valence-corrected chi connectivity index (χ3v) is 3.28. The molecule has 0 radical (unpaired) electrons. The lowest BCUT2D eigenvalue weighted by Crippen LogP contribution is -2.24. The van der Waals surface area contributed by atoms with Gasteiger partial charge in [-0.15, -0.1) is 0 Å². The fraction of sp³-hybridized carbons (Fsp3) is 0.538. The summed E-state index contributed by atoms with van der Waals surface area (Å²) in [5, 5.41) is 3.51. The Hall–Kier alpha value is -0.470. The standard InChI is InChI=1S/C13H21NS/c1-12(11-15-2)10-14-9-8-13-6-4-3-5-7-13/h3-7,12,14H,8-11H2,1-2H3. The third-order valence-electron chi connectivity index (χ3n) is 2.38. The largest absolute Gasteiger partial charge is 0.316 e. The van der Waals surface area contributed by atoms with E-state index in [2.05, 4.69) is 48.8 Å². The lowest BCUT2D eigenvalue weighted by molar-refractivity contribution is 0.561. The lowest BCUT2D eigenvalue weighted by atomic mass is 10.1. The molecule has 84 valence electrons. The van der Waals surface area contributed by atoms with Crippen LogP contribution < -0.4 is 5.32 Å². The topological polar surface area (TPSA) is 12.0 Å². The van der Waals surface area contributed by atoms with E-state index in [9.17, 15) is 0 Å². The average Bonchev–Trinajstić information content (AvgIpc) is 2.26. The van der Waals surface area contributed by atoms with E-state index in [1.807, 2.05) is 11.8 Å². The van der Waals surface area contributed by atoms with E-state index in [4.69, 9.17) is 0 Å². The van der Waals surface area contributed by atoms with Crippen molar-refractivity contribution >= 4 is 11.8 Å². The maximum atomic E-state index is 3.51. The molecule has 0 saturated heterocycles. The van der Waals surface area contributed by atoms with Crippen molar-refractivity contribution in [2.24, 2.45) is 5.92 Å². The minimum atomic E-state index is 0.774. The highest BCUT2D eigenvalue weighted by molar-refractivity contribution is 7.98. The molecular formula is C13H21NS. The average molecular weight is 223 g/mol. The molecule has 2 heteroatoms. The predicted octanol–water partition coefficient (Wildman–Crippen LogP) is 2.82. The summed E-state index contributed by atoms with van der Waals surface area (Å²) in [5.41, 5.74) is 1.42. The summed E-state index contributed by atoms with van der Waals surface area (Å²) in [6.45, 7) is 4.52. The third kappa shape index (κ3) is 5.85. The Labute approximate surface area is 97.7 Å². The number of benzene rings is 1. The second kappa shape index (κ2) is 7.77. The molecule has 0 aliphatic rings. The molecule has 0 aliphatic heterocycles. The molecule has 1 unspecified atom stereocenters. The van der Waals surface area contributed by atoms with Crippen LogP contribution >= 0.6 is 11.8 Å². The smallest absolute Gasteiger partial charge is 0.000823 e. The first-order valence-corrected chi connectivity index (χ1v) is 6.96. The van der Waals surface area contributed by atoms with E-state index in [1.54, 1.807) is 0 Å². The van der Waals surface area contributed by atoms with Gasteiger partial charge in [-0.1, -0.05) is 37.3 Å². The van der Waals surface area contributed by atoms with Crippen molar-refractivity contribution in [2.45, 2.75) is 13.3 Å². The first-order valence-electron chi connectivity index (χ1n) is 5.56. The fourth-order valence-electron chi connectivity index (χ4n) is 1.57. The molecule has 0 spiro atoms. The van der Waals surface area contributed by atoms with Crippen LogP contribution in [0.25, 0.3) is 0 Å². The molecule has 1 aromatic carbocycles. The highest BCUT2D eigenvalue weighted by Crippen LogP contribution is 2.03. The van der Waals surface area contributed by atoms with E-state index in [-0.39, 0.29) is 0 Å². The van der Waals surface area contributed by atoms with Crippen LogP contribution in [-0.2, 0) is 6.42 Å². The zero-order valence-corrected chi connectivity index (χ0v) is 10.5. The van der Waals surface area contributed by atoms with Gasteiger partial charge in [0.1, 0.15) is 0 Å². The van der Waals surface area contributed by atoms with Crippen LogP contribution in [0.15, 0.2) is 30.3 Å². The molecule has 0 bridgehead atoms. The lowest BCUT2D eigenvalue weighted by Gasteiger charge is -2.10. The van der Waals surface area contributed by atoms with Gasteiger partial charge >= 0.3 is 0 Å². The van der Waals surface area contributed by atoms with Crippen LogP contribution in [0.3, 0.4) is 0 Å². The molecule has 15 heavy (non-hydrogen) atoms. The number of rotatable bonds is 7. The highest BCUT2D eigenvalue weighted by atomic mass is 32.2. The summed E-state index contributed by atoms with van der Waals surface area (Å²) in [7, 11) is 0. The summed E-state index contributed by atoms with van der Waals surface area (Å²) in [5.74, 6) is 2.02. The van der Waals surface area contributed by atoms with Gasteiger partial charge in [0.25, 0.3) is 0 Å². The Balaban J connectivity index is 2.07. The Morgan fingerprint density at radius 3 is 2.67 bits per heavy atom. The number of hydrogen-bond donors (Lipinski definition) is 1. The van der Waals surface area contributed by atoms with Gasteiger partial charge in [0.15, 0.2) is 0 Å². The maximum Gasteiger partial charge on any atom is -0.000823 e. The van der Waals surface area contributed by atoms with Crippen molar-refractivity contribution in [3.05, 3.63) is 35.9 Å².